The largest absolute Gasteiger partial charge is 0.496 e. The minimum atomic E-state index is -0.626. The molecule has 5 rings (SSSR count). The summed E-state index contributed by atoms with van der Waals surface area (Å²) in [6, 6.07) is 27.4. The van der Waals surface area contributed by atoms with E-state index in [-0.39, 0.29) is 19.0 Å². The van der Waals surface area contributed by atoms with E-state index in [0.717, 1.165) is 10.1 Å². The van der Waals surface area contributed by atoms with Crippen LogP contribution in [0.5, 0.6) is 5.75 Å². The van der Waals surface area contributed by atoms with Gasteiger partial charge in [0.25, 0.3) is 11.5 Å². The van der Waals surface area contributed by atoms with Crippen molar-refractivity contribution in [1.29, 1.82) is 0 Å². The lowest BCUT2D eigenvalue weighted by molar-refractivity contribution is -0.116. The minimum absolute atomic E-state index is 0.0402. The van der Waals surface area contributed by atoms with E-state index in [0.29, 0.717) is 45.0 Å². The summed E-state index contributed by atoms with van der Waals surface area (Å²) >= 11 is 6.01. The Bertz CT molecular complexity index is 1900. The summed E-state index contributed by atoms with van der Waals surface area (Å²) < 4.78 is 7.69. The minimum Gasteiger partial charge on any atom is -0.496 e. The van der Waals surface area contributed by atoms with Crippen LogP contribution in [0.3, 0.4) is 0 Å². The molecule has 0 spiro atoms. The molecule has 5 aromatic rings. The first-order chi connectivity index (χ1) is 20.3. The Morgan fingerprint density at radius 1 is 0.857 bits per heavy atom. The van der Waals surface area contributed by atoms with Crippen LogP contribution < -0.4 is 26.6 Å². The summed E-state index contributed by atoms with van der Waals surface area (Å²) in [5.74, 6) is -0.0387. The molecule has 0 saturated carbocycles. The van der Waals surface area contributed by atoms with Crippen molar-refractivity contribution in [3.8, 4) is 5.75 Å². The topological polar surface area (TPSA) is 111 Å². The molecule has 0 atom stereocenters. The summed E-state index contributed by atoms with van der Waals surface area (Å²) in [6.07, 6.45) is 0. The number of rotatable bonds is 9. The Labute approximate surface area is 245 Å². The number of aromatic nitrogens is 2. The number of ether oxygens (including phenoxy) is 1. The molecule has 4 aromatic carbocycles. The summed E-state index contributed by atoms with van der Waals surface area (Å²) in [4.78, 5) is 52.5. The van der Waals surface area contributed by atoms with Crippen LogP contribution in [0.1, 0.15) is 21.5 Å². The van der Waals surface area contributed by atoms with E-state index in [1.54, 1.807) is 79.9 Å². The SMILES string of the molecule is COc1ccccc1CNC(=O)c1ccc(Cn2c(=O)c3ccccc3n(CC(=O)Nc3cccc(Cl)c3)c2=O)cc1. The van der Waals surface area contributed by atoms with Gasteiger partial charge in [0.05, 0.1) is 24.6 Å². The van der Waals surface area contributed by atoms with Gasteiger partial charge in [-0.25, -0.2) is 4.79 Å². The summed E-state index contributed by atoms with van der Waals surface area (Å²) in [5.41, 5.74) is 1.66. The van der Waals surface area contributed by atoms with Crippen molar-refractivity contribution in [3.63, 3.8) is 0 Å². The fourth-order valence-corrected chi connectivity index (χ4v) is 4.83. The molecule has 1 heterocycles. The third kappa shape index (κ3) is 6.26. The summed E-state index contributed by atoms with van der Waals surface area (Å²) in [7, 11) is 1.57. The van der Waals surface area contributed by atoms with Crippen LogP contribution in [0.25, 0.3) is 10.9 Å². The second-order valence-corrected chi connectivity index (χ2v) is 9.96. The molecule has 42 heavy (non-hydrogen) atoms. The molecule has 0 aliphatic rings. The number of para-hydroxylation sites is 2. The molecule has 0 aliphatic heterocycles. The second kappa shape index (κ2) is 12.6. The molecule has 0 saturated heterocycles. The molecule has 9 nitrogen and oxygen atoms in total. The van der Waals surface area contributed by atoms with Gasteiger partial charge in [-0.2, -0.15) is 0 Å². The summed E-state index contributed by atoms with van der Waals surface area (Å²) in [5, 5.41) is 6.37. The van der Waals surface area contributed by atoms with E-state index in [4.69, 9.17) is 16.3 Å². The molecule has 10 heteroatoms. The van der Waals surface area contributed by atoms with Crippen LogP contribution in [0, 0.1) is 0 Å². The predicted octanol–water partition coefficient (Wildman–Crippen LogP) is 4.44. The van der Waals surface area contributed by atoms with Gasteiger partial charge in [-0.05, 0) is 54.1 Å². The molecule has 0 unspecified atom stereocenters. The van der Waals surface area contributed by atoms with Crippen molar-refractivity contribution >= 4 is 40.0 Å². The van der Waals surface area contributed by atoms with Gasteiger partial charge in [0.1, 0.15) is 12.3 Å². The van der Waals surface area contributed by atoms with Crippen molar-refractivity contribution in [3.05, 3.63) is 140 Å². The first-order valence-corrected chi connectivity index (χ1v) is 13.5. The number of benzene rings is 4. The van der Waals surface area contributed by atoms with Crippen molar-refractivity contribution in [2.45, 2.75) is 19.6 Å². The smallest absolute Gasteiger partial charge is 0.332 e. The molecule has 2 amide bonds. The maximum atomic E-state index is 13.5. The first kappa shape index (κ1) is 28.4. The number of nitrogens with one attached hydrogen (secondary N) is 2. The van der Waals surface area contributed by atoms with Gasteiger partial charge in [-0.3, -0.25) is 23.5 Å². The quantitative estimate of drug-likeness (QED) is 0.267. The highest BCUT2D eigenvalue weighted by molar-refractivity contribution is 6.30. The molecule has 1 aromatic heterocycles. The van der Waals surface area contributed by atoms with Crippen LogP contribution in [-0.4, -0.2) is 28.1 Å². The van der Waals surface area contributed by atoms with Gasteiger partial charge in [-0.1, -0.05) is 60.1 Å². The number of fused-ring (bicyclic) bond motifs is 1. The van der Waals surface area contributed by atoms with Gasteiger partial charge in [-0.15, -0.1) is 0 Å². The third-order valence-corrected chi connectivity index (χ3v) is 6.97. The molecule has 0 bridgehead atoms. The Balaban J connectivity index is 1.36. The Morgan fingerprint density at radius 2 is 1.60 bits per heavy atom. The zero-order valence-corrected chi connectivity index (χ0v) is 23.4. The number of anilines is 1. The van der Waals surface area contributed by atoms with E-state index in [9.17, 15) is 19.2 Å². The maximum Gasteiger partial charge on any atom is 0.332 e. The molecular weight excluding hydrogens is 556 g/mol. The number of nitrogens with zero attached hydrogens (tertiary/aromatic N) is 2. The van der Waals surface area contributed by atoms with Gasteiger partial charge < -0.3 is 15.4 Å². The lowest BCUT2D eigenvalue weighted by Crippen LogP contribution is -2.42. The lowest BCUT2D eigenvalue weighted by atomic mass is 10.1. The average Bonchev–Trinajstić information content (AvgIpc) is 3.00. The normalized spacial score (nSPS) is 10.8. The summed E-state index contributed by atoms with van der Waals surface area (Å²) in [6.45, 7) is -0.0551. The second-order valence-electron chi connectivity index (χ2n) is 9.53. The predicted molar refractivity (Wildman–Crippen MR) is 162 cm³/mol. The highest BCUT2D eigenvalue weighted by atomic mass is 35.5. The van der Waals surface area contributed by atoms with E-state index in [2.05, 4.69) is 10.6 Å². The number of carbonyl (C=O) groups excluding carboxylic acids is 2. The zero-order chi connectivity index (χ0) is 29.6. The van der Waals surface area contributed by atoms with Crippen LogP contribution in [-0.2, 0) is 24.4 Å². The number of amides is 2. The van der Waals surface area contributed by atoms with Crippen LogP contribution in [0.4, 0.5) is 5.69 Å². The van der Waals surface area contributed by atoms with E-state index >= 15 is 0 Å². The standard InChI is InChI=1S/C32H27ClN4O5/c1-42-28-12-5-2-7-23(28)18-34-30(39)22-15-13-21(14-16-22)19-37-31(40)26-10-3-4-11-27(26)36(32(37)41)20-29(38)35-25-9-6-8-24(33)17-25/h2-17H,18-20H2,1H3,(H,34,39)(H,35,38). The zero-order valence-electron chi connectivity index (χ0n) is 22.7. The lowest BCUT2D eigenvalue weighted by Gasteiger charge is -2.14. The number of hydrogen-bond donors (Lipinski definition) is 2. The van der Waals surface area contributed by atoms with Gasteiger partial charge in [0, 0.05) is 28.4 Å². The van der Waals surface area contributed by atoms with Gasteiger partial charge >= 0.3 is 5.69 Å². The Hall–Kier alpha value is -5.15. The number of carbonyl (C=O) groups is 2. The number of halogens is 1. The Kier molecular flexibility index (Phi) is 8.50. The van der Waals surface area contributed by atoms with Crippen molar-refractivity contribution in [2.75, 3.05) is 12.4 Å². The van der Waals surface area contributed by atoms with Crippen LogP contribution >= 0.6 is 11.6 Å². The first-order valence-electron chi connectivity index (χ1n) is 13.1. The molecule has 2 N–H and O–H groups in total. The van der Waals surface area contributed by atoms with E-state index in [1.165, 1.54) is 4.57 Å². The Morgan fingerprint density at radius 3 is 2.36 bits per heavy atom. The number of methoxy groups -OCH3 is 1. The van der Waals surface area contributed by atoms with Gasteiger partial charge in [0.15, 0.2) is 0 Å². The molecular formula is C32H27ClN4O5. The fourth-order valence-electron chi connectivity index (χ4n) is 4.64. The fraction of sp³-hybridized carbons (Fsp3) is 0.125. The van der Waals surface area contributed by atoms with Crippen molar-refractivity contribution < 1.29 is 14.3 Å². The monoisotopic (exact) mass is 582 g/mol. The van der Waals surface area contributed by atoms with Crippen LogP contribution in [0.15, 0.2) is 107 Å². The maximum absolute atomic E-state index is 13.5. The number of hydrogen-bond acceptors (Lipinski definition) is 5. The van der Waals surface area contributed by atoms with Crippen molar-refractivity contribution in [2.24, 2.45) is 0 Å². The average molecular weight is 583 g/mol. The third-order valence-electron chi connectivity index (χ3n) is 6.73. The highest BCUT2D eigenvalue weighted by Gasteiger charge is 2.16. The van der Waals surface area contributed by atoms with Crippen LogP contribution in [0.2, 0.25) is 5.02 Å². The molecule has 0 fully saturated rings. The van der Waals surface area contributed by atoms with Crippen molar-refractivity contribution in [1.82, 2.24) is 14.5 Å². The highest BCUT2D eigenvalue weighted by Crippen LogP contribution is 2.18. The van der Waals surface area contributed by atoms with Gasteiger partial charge in [0.2, 0.25) is 5.91 Å². The van der Waals surface area contributed by atoms with E-state index < -0.39 is 17.2 Å². The molecule has 0 aliphatic carbocycles. The molecule has 212 valence electrons. The molecule has 0 radical (unpaired) electrons. The van der Waals surface area contributed by atoms with E-state index in [1.807, 2.05) is 24.3 Å².